The van der Waals surface area contributed by atoms with Gasteiger partial charge in [-0.1, -0.05) is 0 Å². The van der Waals surface area contributed by atoms with Crippen LogP contribution in [0, 0.1) is 0 Å². The molecule has 6 nitrogen and oxygen atoms in total. The van der Waals surface area contributed by atoms with Gasteiger partial charge in [-0.15, -0.1) is 0 Å². The van der Waals surface area contributed by atoms with Crippen molar-refractivity contribution in [3.8, 4) is 5.75 Å². The number of carbonyl (C=O) groups is 1. The molecule has 0 aliphatic carbocycles. The molecule has 0 spiro atoms. The summed E-state index contributed by atoms with van der Waals surface area (Å²) >= 11 is 0. The van der Waals surface area contributed by atoms with E-state index in [4.69, 9.17) is 14.4 Å². The molecule has 0 saturated heterocycles. The Labute approximate surface area is 135 Å². The summed E-state index contributed by atoms with van der Waals surface area (Å²) in [4.78, 5) is 13.3. The van der Waals surface area contributed by atoms with Crippen molar-refractivity contribution in [2.24, 2.45) is 0 Å². The van der Waals surface area contributed by atoms with Crippen LogP contribution in [-0.4, -0.2) is 36.2 Å². The molecule has 0 atom stereocenters. The van der Waals surface area contributed by atoms with Gasteiger partial charge >= 0.3 is 0 Å². The zero-order valence-electron chi connectivity index (χ0n) is 13.3. The van der Waals surface area contributed by atoms with Crippen molar-refractivity contribution < 1.29 is 19.2 Å². The fraction of sp³-hybridized carbons (Fsp3) is 0.471. The minimum absolute atomic E-state index is 0.322. The minimum Gasteiger partial charge on any atom is -0.497 e. The van der Waals surface area contributed by atoms with Gasteiger partial charge in [-0.25, -0.2) is 5.48 Å². The molecular formula is C17H22N2O4. The normalized spacial score (nSPS) is 14.7. The Bertz CT molecular complexity index is 695. The van der Waals surface area contributed by atoms with Crippen molar-refractivity contribution in [2.45, 2.75) is 32.2 Å². The van der Waals surface area contributed by atoms with Gasteiger partial charge < -0.3 is 9.15 Å². The molecule has 1 aromatic heterocycles. The molecule has 1 amide bonds. The van der Waals surface area contributed by atoms with Crippen LogP contribution in [0.5, 0.6) is 5.75 Å². The SMILES string of the molecule is COc1ccc2c3c(oc2c1)CN(CCCCC(=O)NO)CC3. The van der Waals surface area contributed by atoms with Gasteiger partial charge in [0.25, 0.3) is 0 Å². The predicted octanol–water partition coefficient (Wildman–Crippen LogP) is 2.48. The largest absolute Gasteiger partial charge is 0.497 e. The first-order valence-electron chi connectivity index (χ1n) is 7.95. The number of hydroxylamine groups is 1. The number of unbranched alkanes of at least 4 members (excludes halogenated alkanes) is 1. The highest BCUT2D eigenvalue weighted by Crippen LogP contribution is 2.32. The van der Waals surface area contributed by atoms with E-state index >= 15 is 0 Å². The van der Waals surface area contributed by atoms with E-state index in [0.717, 1.165) is 56.0 Å². The summed E-state index contributed by atoms with van der Waals surface area (Å²) in [5.41, 5.74) is 3.85. The second kappa shape index (κ2) is 7.02. The third-order valence-corrected chi connectivity index (χ3v) is 4.38. The number of ether oxygens (including phenoxy) is 1. The van der Waals surface area contributed by atoms with Crippen molar-refractivity contribution in [2.75, 3.05) is 20.2 Å². The van der Waals surface area contributed by atoms with Gasteiger partial charge in [-0.05, 0) is 37.9 Å². The number of fused-ring (bicyclic) bond motifs is 3. The predicted molar refractivity (Wildman–Crippen MR) is 85.5 cm³/mol. The van der Waals surface area contributed by atoms with Crippen LogP contribution in [0.25, 0.3) is 11.0 Å². The first-order chi connectivity index (χ1) is 11.2. The van der Waals surface area contributed by atoms with Crippen LogP contribution in [0.1, 0.15) is 30.6 Å². The molecule has 1 aliphatic heterocycles. The van der Waals surface area contributed by atoms with E-state index in [0.29, 0.717) is 6.42 Å². The Kier molecular flexibility index (Phi) is 4.83. The number of hydrogen-bond acceptors (Lipinski definition) is 5. The Morgan fingerprint density at radius 3 is 3.09 bits per heavy atom. The molecule has 1 aliphatic rings. The first kappa shape index (κ1) is 15.8. The highest BCUT2D eigenvalue weighted by molar-refractivity contribution is 5.83. The van der Waals surface area contributed by atoms with Crippen molar-refractivity contribution in [3.05, 3.63) is 29.5 Å². The number of nitrogens with one attached hydrogen (secondary N) is 1. The Morgan fingerprint density at radius 2 is 2.30 bits per heavy atom. The lowest BCUT2D eigenvalue weighted by atomic mass is 10.0. The second-order valence-electron chi connectivity index (χ2n) is 5.88. The quantitative estimate of drug-likeness (QED) is 0.486. The number of methoxy groups -OCH3 is 1. The lowest BCUT2D eigenvalue weighted by Gasteiger charge is -2.25. The molecule has 0 radical (unpaired) electrons. The fourth-order valence-corrected chi connectivity index (χ4v) is 3.13. The summed E-state index contributed by atoms with van der Waals surface area (Å²) in [7, 11) is 1.66. The van der Waals surface area contributed by atoms with Crippen molar-refractivity contribution in [1.29, 1.82) is 0 Å². The first-order valence-corrected chi connectivity index (χ1v) is 7.95. The maximum atomic E-state index is 11.0. The molecule has 6 heteroatoms. The number of nitrogens with zero attached hydrogens (tertiary/aromatic N) is 1. The Morgan fingerprint density at radius 1 is 1.43 bits per heavy atom. The highest BCUT2D eigenvalue weighted by atomic mass is 16.5. The van der Waals surface area contributed by atoms with Gasteiger partial charge in [0.05, 0.1) is 13.7 Å². The molecule has 3 rings (SSSR count). The lowest BCUT2D eigenvalue weighted by molar-refractivity contribution is -0.129. The van der Waals surface area contributed by atoms with E-state index in [9.17, 15) is 4.79 Å². The molecule has 0 fully saturated rings. The number of carbonyl (C=O) groups excluding carboxylic acids is 1. The average molecular weight is 318 g/mol. The van der Waals surface area contributed by atoms with E-state index in [1.165, 1.54) is 10.9 Å². The molecule has 1 aromatic carbocycles. The lowest BCUT2D eigenvalue weighted by Crippen LogP contribution is -2.31. The summed E-state index contributed by atoms with van der Waals surface area (Å²) in [6.07, 6.45) is 3.04. The van der Waals surface area contributed by atoms with Gasteiger partial charge in [0.15, 0.2) is 0 Å². The number of amides is 1. The van der Waals surface area contributed by atoms with Crippen LogP contribution >= 0.6 is 0 Å². The number of rotatable bonds is 6. The van der Waals surface area contributed by atoms with Crippen LogP contribution in [0.2, 0.25) is 0 Å². The second-order valence-corrected chi connectivity index (χ2v) is 5.88. The zero-order valence-corrected chi connectivity index (χ0v) is 13.3. The van der Waals surface area contributed by atoms with Crippen molar-refractivity contribution >= 4 is 16.9 Å². The Hall–Kier alpha value is -2.05. The van der Waals surface area contributed by atoms with E-state index in [1.807, 2.05) is 12.1 Å². The number of furan rings is 1. The summed E-state index contributed by atoms with van der Waals surface area (Å²) in [6, 6.07) is 5.97. The number of benzene rings is 1. The van der Waals surface area contributed by atoms with Gasteiger partial charge in [-0.2, -0.15) is 0 Å². The van der Waals surface area contributed by atoms with E-state index < -0.39 is 0 Å². The fourth-order valence-electron chi connectivity index (χ4n) is 3.13. The monoisotopic (exact) mass is 318 g/mol. The maximum absolute atomic E-state index is 11.0. The van der Waals surface area contributed by atoms with Gasteiger partial charge in [0.1, 0.15) is 17.1 Å². The van der Waals surface area contributed by atoms with Crippen molar-refractivity contribution in [3.63, 3.8) is 0 Å². The molecule has 2 aromatic rings. The summed E-state index contributed by atoms with van der Waals surface area (Å²) in [5.74, 6) is 1.52. The molecule has 0 saturated carbocycles. The summed E-state index contributed by atoms with van der Waals surface area (Å²) < 4.78 is 11.3. The third-order valence-electron chi connectivity index (χ3n) is 4.38. The van der Waals surface area contributed by atoms with Crippen LogP contribution in [0.3, 0.4) is 0 Å². The molecular weight excluding hydrogens is 296 g/mol. The highest BCUT2D eigenvalue weighted by Gasteiger charge is 2.22. The van der Waals surface area contributed by atoms with E-state index in [2.05, 4.69) is 11.0 Å². The summed E-state index contributed by atoms with van der Waals surface area (Å²) in [6.45, 7) is 2.73. The molecule has 2 heterocycles. The van der Waals surface area contributed by atoms with Gasteiger partial charge in [0, 0.05) is 30.0 Å². The topological polar surface area (TPSA) is 74.9 Å². The van der Waals surface area contributed by atoms with Crippen LogP contribution in [0.15, 0.2) is 22.6 Å². The molecule has 23 heavy (non-hydrogen) atoms. The smallest absolute Gasteiger partial charge is 0.243 e. The standard InChI is InChI=1S/C17H22N2O4/c1-22-12-5-6-13-14-7-9-19(8-3-2-4-17(20)18-21)11-16(14)23-15(13)10-12/h5-6,10,21H,2-4,7-9,11H2,1H3,(H,18,20). The minimum atomic E-state index is -0.322. The molecule has 124 valence electrons. The molecule has 0 bridgehead atoms. The van der Waals surface area contributed by atoms with Gasteiger partial charge in [-0.3, -0.25) is 14.9 Å². The summed E-state index contributed by atoms with van der Waals surface area (Å²) in [5, 5.41) is 9.65. The van der Waals surface area contributed by atoms with Crippen LogP contribution in [0.4, 0.5) is 0 Å². The van der Waals surface area contributed by atoms with E-state index in [-0.39, 0.29) is 5.91 Å². The van der Waals surface area contributed by atoms with Crippen LogP contribution in [-0.2, 0) is 17.8 Å². The van der Waals surface area contributed by atoms with E-state index in [1.54, 1.807) is 12.6 Å². The zero-order chi connectivity index (χ0) is 16.2. The Balaban J connectivity index is 1.61. The van der Waals surface area contributed by atoms with Crippen LogP contribution < -0.4 is 10.2 Å². The molecule has 2 N–H and O–H groups in total. The third kappa shape index (κ3) is 3.48. The maximum Gasteiger partial charge on any atom is 0.243 e. The van der Waals surface area contributed by atoms with Gasteiger partial charge in [0.2, 0.25) is 5.91 Å². The molecule has 0 unspecified atom stereocenters. The number of hydrogen-bond donors (Lipinski definition) is 2. The van der Waals surface area contributed by atoms with Crippen molar-refractivity contribution in [1.82, 2.24) is 10.4 Å². The average Bonchev–Trinajstić information content (AvgIpc) is 2.94.